The van der Waals surface area contributed by atoms with Gasteiger partial charge in [-0.2, -0.15) is 0 Å². The van der Waals surface area contributed by atoms with Gasteiger partial charge in [-0.05, 0) is 88.9 Å². The van der Waals surface area contributed by atoms with Gasteiger partial charge >= 0.3 is 0 Å². The Labute approximate surface area is 284 Å². The summed E-state index contributed by atoms with van der Waals surface area (Å²) >= 11 is 0. The standard InChI is InChI=1S/C44H26O/c1-4-15-30-27(12-1)24-25-38-43-37(22-11-23-40(43)45-44(30)38)41-33-18-7-9-20-35(33)42(36-21-10-8-19-34(36)41)39-26-28-13-2-3-14-29(28)31-16-5-6-17-32(31)39/h1-26H/i1D,2D,3D,4D,5D,6D,11D,12D,13D,14D,15D,16D,17D,22D,23D,24D,25D,26D. The van der Waals surface area contributed by atoms with Crippen LogP contribution in [0.1, 0.15) is 24.7 Å². The number of rotatable bonds is 2. The van der Waals surface area contributed by atoms with E-state index in [2.05, 4.69) is 0 Å². The molecule has 0 saturated carbocycles. The Morgan fingerprint density at radius 3 is 1.69 bits per heavy atom. The van der Waals surface area contributed by atoms with Crippen LogP contribution in [0.2, 0.25) is 0 Å². The molecule has 208 valence electrons. The van der Waals surface area contributed by atoms with Gasteiger partial charge in [0, 0.05) is 16.2 Å². The van der Waals surface area contributed by atoms with E-state index in [1.165, 1.54) is 0 Å². The molecule has 0 radical (unpaired) electrons. The summed E-state index contributed by atoms with van der Waals surface area (Å²) in [4.78, 5) is 0. The van der Waals surface area contributed by atoms with E-state index >= 15 is 0 Å². The number of hydrogen-bond acceptors (Lipinski definition) is 1. The van der Waals surface area contributed by atoms with E-state index in [1.807, 2.05) is 0 Å². The van der Waals surface area contributed by atoms with Crippen molar-refractivity contribution in [2.45, 2.75) is 0 Å². The van der Waals surface area contributed by atoms with E-state index in [1.54, 1.807) is 48.5 Å². The smallest absolute Gasteiger partial charge is 0.143 e. The zero-order valence-corrected chi connectivity index (χ0v) is 23.0. The molecular weight excluding hydrogens is 544 g/mol. The Balaban J connectivity index is 1.48. The van der Waals surface area contributed by atoms with Crippen LogP contribution in [0, 0.1) is 0 Å². The van der Waals surface area contributed by atoms with Crippen LogP contribution in [0.15, 0.2) is 162 Å². The van der Waals surface area contributed by atoms with Crippen LogP contribution in [-0.4, -0.2) is 0 Å². The predicted molar refractivity (Wildman–Crippen MR) is 192 cm³/mol. The fourth-order valence-electron chi connectivity index (χ4n) is 6.48. The van der Waals surface area contributed by atoms with Crippen molar-refractivity contribution < 1.29 is 29.1 Å². The largest absolute Gasteiger partial charge is 0.455 e. The van der Waals surface area contributed by atoms with Gasteiger partial charge in [-0.25, -0.2) is 0 Å². The number of furan rings is 1. The maximum atomic E-state index is 9.78. The first-order valence-corrected chi connectivity index (χ1v) is 14.1. The molecule has 0 atom stereocenters. The summed E-state index contributed by atoms with van der Waals surface area (Å²) in [6.07, 6.45) is 0. The molecule has 0 aliphatic carbocycles. The Morgan fingerprint density at radius 2 is 0.978 bits per heavy atom. The molecule has 10 aromatic rings. The van der Waals surface area contributed by atoms with E-state index in [9.17, 15) is 5.48 Å². The third-order valence-corrected chi connectivity index (χ3v) is 8.31. The Bertz CT molecular complexity index is 3780. The summed E-state index contributed by atoms with van der Waals surface area (Å²) in [5.74, 6) is 0. The van der Waals surface area contributed by atoms with Gasteiger partial charge in [0.15, 0.2) is 0 Å². The Kier molecular flexibility index (Phi) is 2.68. The van der Waals surface area contributed by atoms with Crippen LogP contribution in [0.4, 0.5) is 0 Å². The third kappa shape index (κ3) is 3.44. The lowest BCUT2D eigenvalue weighted by molar-refractivity contribution is 0.673. The molecule has 9 aromatic carbocycles. The van der Waals surface area contributed by atoms with Crippen LogP contribution in [0.25, 0.3) is 98.1 Å². The summed E-state index contributed by atoms with van der Waals surface area (Å²) in [6.45, 7) is 0. The van der Waals surface area contributed by atoms with Crippen molar-refractivity contribution in [3.63, 3.8) is 0 Å². The van der Waals surface area contributed by atoms with Crippen LogP contribution in [0.5, 0.6) is 0 Å². The fourth-order valence-corrected chi connectivity index (χ4v) is 6.48. The zero-order chi connectivity index (χ0) is 45.1. The molecule has 0 bridgehead atoms. The van der Waals surface area contributed by atoms with Crippen LogP contribution in [0.3, 0.4) is 0 Å². The molecule has 0 spiro atoms. The summed E-state index contributed by atoms with van der Waals surface area (Å²) in [7, 11) is 0. The van der Waals surface area contributed by atoms with Gasteiger partial charge in [-0.3, -0.25) is 0 Å². The maximum absolute atomic E-state index is 9.78. The number of hydrogen-bond donors (Lipinski definition) is 0. The second-order valence-corrected chi connectivity index (χ2v) is 10.6. The molecule has 1 heterocycles. The number of fused-ring (bicyclic) bond motifs is 10. The van der Waals surface area contributed by atoms with Crippen molar-refractivity contribution in [2.24, 2.45) is 0 Å². The second kappa shape index (κ2) is 9.29. The second-order valence-electron chi connectivity index (χ2n) is 10.6. The maximum Gasteiger partial charge on any atom is 0.143 e. The van der Waals surface area contributed by atoms with Gasteiger partial charge in [0.2, 0.25) is 0 Å². The molecule has 1 aromatic heterocycles. The van der Waals surface area contributed by atoms with Crippen LogP contribution < -0.4 is 0 Å². The summed E-state index contributed by atoms with van der Waals surface area (Å²) < 4.78 is 167. The molecule has 0 unspecified atom stereocenters. The van der Waals surface area contributed by atoms with E-state index in [0.717, 1.165) is 0 Å². The third-order valence-electron chi connectivity index (χ3n) is 8.31. The van der Waals surface area contributed by atoms with Crippen LogP contribution >= 0.6 is 0 Å². The first kappa shape index (κ1) is 13.0. The van der Waals surface area contributed by atoms with Crippen LogP contribution in [-0.2, 0) is 0 Å². The summed E-state index contributed by atoms with van der Waals surface area (Å²) in [6, 6.07) is 3.15. The molecule has 0 fully saturated rings. The molecule has 45 heavy (non-hydrogen) atoms. The first-order chi connectivity index (χ1) is 29.8. The molecule has 0 saturated heterocycles. The van der Waals surface area contributed by atoms with Gasteiger partial charge in [0.25, 0.3) is 0 Å². The van der Waals surface area contributed by atoms with Gasteiger partial charge in [-0.15, -0.1) is 0 Å². The summed E-state index contributed by atoms with van der Waals surface area (Å²) in [5.41, 5.74) is -0.0591. The summed E-state index contributed by atoms with van der Waals surface area (Å²) in [5, 5.41) is -0.125. The molecular formula is C44H26O. The van der Waals surface area contributed by atoms with Crippen molar-refractivity contribution in [1.82, 2.24) is 0 Å². The van der Waals surface area contributed by atoms with Crippen molar-refractivity contribution >= 4 is 75.8 Å². The highest BCUT2D eigenvalue weighted by atomic mass is 16.3. The average Bonchev–Trinajstić information content (AvgIpc) is 3.67. The van der Waals surface area contributed by atoms with Crippen molar-refractivity contribution in [2.75, 3.05) is 0 Å². The lowest BCUT2D eigenvalue weighted by Crippen LogP contribution is -1.92. The molecule has 10 rings (SSSR count). The highest BCUT2D eigenvalue weighted by molar-refractivity contribution is 6.29. The fraction of sp³-hybridized carbons (Fsp3) is 0. The van der Waals surface area contributed by atoms with Gasteiger partial charge in [0.05, 0.1) is 24.7 Å². The zero-order valence-electron chi connectivity index (χ0n) is 41.0. The monoisotopic (exact) mass is 588 g/mol. The number of benzene rings is 9. The topological polar surface area (TPSA) is 13.1 Å². The van der Waals surface area contributed by atoms with E-state index in [-0.39, 0.29) is 76.5 Å². The first-order valence-electron chi connectivity index (χ1n) is 23.1. The minimum atomic E-state index is -0.647. The highest BCUT2D eigenvalue weighted by Crippen LogP contribution is 2.49. The Morgan fingerprint density at radius 1 is 0.400 bits per heavy atom. The molecule has 0 N–H and O–H groups in total. The predicted octanol–water partition coefficient (Wildman–Crippen LogP) is 12.7. The van der Waals surface area contributed by atoms with Crippen molar-refractivity contribution in [3.8, 4) is 22.3 Å². The minimum Gasteiger partial charge on any atom is -0.455 e. The van der Waals surface area contributed by atoms with Gasteiger partial charge in [0.1, 0.15) is 11.2 Å². The van der Waals surface area contributed by atoms with Crippen molar-refractivity contribution in [3.05, 3.63) is 157 Å². The van der Waals surface area contributed by atoms with E-state index in [0.29, 0.717) is 21.5 Å². The molecule has 0 aliphatic rings. The van der Waals surface area contributed by atoms with E-state index in [4.69, 9.17) is 23.6 Å². The highest BCUT2D eigenvalue weighted by Gasteiger charge is 2.22. The lowest BCUT2D eigenvalue weighted by Gasteiger charge is -2.20. The minimum absolute atomic E-state index is 0.0118. The quantitative estimate of drug-likeness (QED) is 0.145. The van der Waals surface area contributed by atoms with Gasteiger partial charge in [-0.1, -0.05) is 139 Å². The normalized spacial score (nSPS) is 17.6. The lowest BCUT2D eigenvalue weighted by atomic mass is 9.83. The molecule has 1 nitrogen and oxygen atoms in total. The molecule has 1 heteroatoms. The van der Waals surface area contributed by atoms with Gasteiger partial charge < -0.3 is 4.42 Å². The molecule has 0 amide bonds. The SMILES string of the molecule is [2H]c1c([2H])c(-c2c3ccccc3c(-c3c([2H])c4c([2H])c([2H])c([2H])c([2H])c4c4c([2H])c([2H])c([2H])c([2H])c34)c3ccccc23)c2c(oc3c4c([2H])c([2H])c([2H])c([2H])c4c([2H])c([2H])c32)c1[2H]. The Hall–Kier alpha value is -5.92. The molecule has 0 aliphatic heterocycles. The average molecular weight is 589 g/mol. The van der Waals surface area contributed by atoms with Crippen molar-refractivity contribution in [1.29, 1.82) is 0 Å². The van der Waals surface area contributed by atoms with E-state index < -0.39 is 109 Å².